The number of carbonyl (C=O) groups is 1. The van der Waals surface area contributed by atoms with Gasteiger partial charge in [0.15, 0.2) is 0 Å². The highest BCUT2D eigenvalue weighted by Crippen LogP contribution is 2.30. The molecule has 0 aliphatic carbocycles. The van der Waals surface area contributed by atoms with Gasteiger partial charge >= 0.3 is 6.18 Å². The van der Waals surface area contributed by atoms with Crippen LogP contribution in [0.25, 0.3) is 6.08 Å². The molecule has 0 saturated carbocycles. The standard InChI is InChI=1S/C19H18F3N3O/c1-4-25-12(2)8-14(13(25)3)9-15(11-23)18(26)24-17-7-5-6-16(10-17)19(20,21)22/h5-10H,4H2,1-3H3,(H,24,26)/b15-9-. The number of hydrogen-bond donors (Lipinski definition) is 1. The van der Waals surface area contributed by atoms with Gasteiger partial charge < -0.3 is 9.88 Å². The maximum Gasteiger partial charge on any atom is 0.416 e. The number of benzene rings is 1. The SMILES string of the molecule is CCn1c(C)cc(/C=C(/C#N)C(=O)Nc2cccc(C(F)(F)F)c2)c1C. The second-order valence-electron chi connectivity index (χ2n) is 5.77. The molecule has 1 amide bonds. The van der Waals surface area contributed by atoms with Gasteiger partial charge in [-0.15, -0.1) is 0 Å². The zero-order chi connectivity index (χ0) is 19.5. The number of carbonyl (C=O) groups excluding carboxylic acids is 1. The van der Waals surface area contributed by atoms with E-state index in [2.05, 4.69) is 5.32 Å². The molecule has 2 aromatic rings. The lowest BCUT2D eigenvalue weighted by Gasteiger charge is -2.09. The molecule has 1 N–H and O–H groups in total. The van der Waals surface area contributed by atoms with E-state index in [1.165, 1.54) is 18.2 Å². The molecule has 1 heterocycles. The van der Waals surface area contributed by atoms with Gasteiger partial charge in [-0.3, -0.25) is 4.79 Å². The van der Waals surface area contributed by atoms with Crippen molar-refractivity contribution < 1.29 is 18.0 Å². The Labute approximate surface area is 149 Å². The van der Waals surface area contributed by atoms with E-state index in [4.69, 9.17) is 0 Å². The number of aromatic nitrogens is 1. The number of nitrogens with zero attached hydrogens (tertiary/aromatic N) is 2. The van der Waals surface area contributed by atoms with E-state index in [9.17, 15) is 23.2 Å². The quantitative estimate of drug-likeness (QED) is 0.634. The fraction of sp³-hybridized carbons (Fsp3) is 0.263. The molecule has 0 bridgehead atoms. The van der Waals surface area contributed by atoms with Crippen molar-refractivity contribution in [1.29, 1.82) is 5.26 Å². The van der Waals surface area contributed by atoms with Crippen LogP contribution in [0.15, 0.2) is 35.9 Å². The van der Waals surface area contributed by atoms with E-state index >= 15 is 0 Å². The van der Waals surface area contributed by atoms with Crippen LogP contribution in [0.4, 0.5) is 18.9 Å². The molecule has 2 rings (SSSR count). The average molecular weight is 361 g/mol. The van der Waals surface area contributed by atoms with Crippen LogP contribution in [0.5, 0.6) is 0 Å². The molecule has 26 heavy (non-hydrogen) atoms. The predicted molar refractivity (Wildman–Crippen MR) is 93.2 cm³/mol. The molecule has 0 aliphatic rings. The Morgan fingerprint density at radius 3 is 2.54 bits per heavy atom. The summed E-state index contributed by atoms with van der Waals surface area (Å²) in [5.74, 6) is -0.756. The number of nitrogens with one attached hydrogen (secondary N) is 1. The first-order chi connectivity index (χ1) is 12.2. The summed E-state index contributed by atoms with van der Waals surface area (Å²) in [5, 5.41) is 11.6. The van der Waals surface area contributed by atoms with E-state index in [1.54, 1.807) is 6.07 Å². The minimum absolute atomic E-state index is 0.0231. The zero-order valence-electron chi connectivity index (χ0n) is 14.6. The first-order valence-corrected chi connectivity index (χ1v) is 7.94. The normalized spacial score (nSPS) is 12.0. The molecule has 0 unspecified atom stereocenters. The average Bonchev–Trinajstić information content (AvgIpc) is 2.85. The number of aryl methyl sites for hydroxylation is 1. The largest absolute Gasteiger partial charge is 0.416 e. The van der Waals surface area contributed by atoms with Crippen molar-refractivity contribution in [1.82, 2.24) is 4.57 Å². The first-order valence-electron chi connectivity index (χ1n) is 7.94. The van der Waals surface area contributed by atoms with Gasteiger partial charge in [0.05, 0.1) is 5.56 Å². The Morgan fingerprint density at radius 1 is 1.31 bits per heavy atom. The summed E-state index contributed by atoms with van der Waals surface area (Å²) in [4.78, 5) is 12.3. The third kappa shape index (κ3) is 4.14. The summed E-state index contributed by atoms with van der Waals surface area (Å²) in [6.07, 6.45) is -3.07. The Balaban J connectivity index is 2.29. The van der Waals surface area contributed by atoms with Gasteiger partial charge in [0.25, 0.3) is 5.91 Å². The van der Waals surface area contributed by atoms with Crippen molar-refractivity contribution in [2.75, 3.05) is 5.32 Å². The van der Waals surface area contributed by atoms with Crippen LogP contribution >= 0.6 is 0 Å². The molecule has 0 spiro atoms. The summed E-state index contributed by atoms with van der Waals surface area (Å²) in [6.45, 7) is 6.54. The molecule has 0 saturated heterocycles. The summed E-state index contributed by atoms with van der Waals surface area (Å²) >= 11 is 0. The smallest absolute Gasteiger partial charge is 0.349 e. The Hall–Kier alpha value is -3.01. The highest BCUT2D eigenvalue weighted by Gasteiger charge is 2.30. The summed E-state index contributed by atoms with van der Waals surface area (Å²) in [7, 11) is 0. The maximum absolute atomic E-state index is 12.8. The molecular weight excluding hydrogens is 343 g/mol. The van der Waals surface area contributed by atoms with Crippen LogP contribution in [-0.2, 0) is 17.5 Å². The molecule has 4 nitrogen and oxygen atoms in total. The van der Waals surface area contributed by atoms with E-state index in [0.717, 1.165) is 35.6 Å². The maximum atomic E-state index is 12.8. The van der Waals surface area contributed by atoms with Crippen LogP contribution in [0.3, 0.4) is 0 Å². The van der Waals surface area contributed by atoms with Crippen molar-refractivity contribution in [3.8, 4) is 6.07 Å². The van der Waals surface area contributed by atoms with Crippen molar-refractivity contribution >= 4 is 17.7 Å². The van der Waals surface area contributed by atoms with Gasteiger partial charge in [-0.25, -0.2) is 0 Å². The fourth-order valence-electron chi connectivity index (χ4n) is 2.74. The van der Waals surface area contributed by atoms with E-state index in [1.807, 2.05) is 31.4 Å². The number of anilines is 1. The highest BCUT2D eigenvalue weighted by atomic mass is 19.4. The van der Waals surface area contributed by atoms with Crippen LogP contribution in [0.2, 0.25) is 0 Å². The number of alkyl halides is 3. The number of halogens is 3. The third-order valence-electron chi connectivity index (χ3n) is 4.04. The number of amides is 1. The van der Waals surface area contributed by atoms with Crippen molar-refractivity contribution in [2.45, 2.75) is 33.5 Å². The fourth-order valence-corrected chi connectivity index (χ4v) is 2.74. The van der Waals surface area contributed by atoms with Gasteiger partial charge in [-0.2, -0.15) is 18.4 Å². The van der Waals surface area contributed by atoms with E-state index < -0.39 is 17.6 Å². The molecule has 0 fully saturated rings. The van der Waals surface area contributed by atoms with E-state index in [-0.39, 0.29) is 11.3 Å². The number of nitriles is 1. The van der Waals surface area contributed by atoms with Crippen LogP contribution in [-0.4, -0.2) is 10.5 Å². The Kier molecular flexibility index (Phi) is 5.56. The Bertz CT molecular complexity index is 902. The zero-order valence-corrected chi connectivity index (χ0v) is 14.6. The second kappa shape index (κ2) is 7.48. The van der Waals surface area contributed by atoms with Crippen molar-refractivity contribution in [2.24, 2.45) is 0 Å². The summed E-state index contributed by atoms with van der Waals surface area (Å²) < 4.78 is 40.3. The lowest BCUT2D eigenvalue weighted by molar-refractivity contribution is -0.137. The lowest BCUT2D eigenvalue weighted by Crippen LogP contribution is -2.14. The van der Waals surface area contributed by atoms with Gasteiger partial charge in [0.1, 0.15) is 11.6 Å². The molecule has 0 radical (unpaired) electrons. The second-order valence-corrected chi connectivity index (χ2v) is 5.77. The van der Waals surface area contributed by atoms with Crippen LogP contribution < -0.4 is 5.32 Å². The molecular formula is C19H18F3N3O. The third-order valence-corrected chi connectivity index (χ3v) is 4.04. The van der Waals surface area contributed by atoms with Gasteiger partial charge in [-0.1, -0.05) is 6.07 Å². The highest BCUT2D eigenvalue weighted by molar-refractivity contribution is 6.09. The van der Waals surface area contributed by atoms with Gasteiger partial charge in [0, 0.05) is 23.6 Å². The van der Waals surface area contributed by atoms with Crippen LogP contribution in [0, 0.1) is 25.2 Å². The van der Waals surface area contributed by atoms with Gasteiger partial charge in [0.2, 0.25) is 0 Å². The minimum Gasteiger partial charge on any atom is -0.349 e. The summed E-state index contributed by atoms with van der Waals surface area (Å²) in [5.41, 5.74) is 1.55. The topological polar surface area (TPSA) is 57.8 Å². The first kappa shape index (κ1) is 19.3. The van der Waals surface area contributed by atoms with Crippen molar-refractivity contribution in [3.05, 3.63) is 58.4 Å². The predicted octanol–water partition coefficient (Wildman–Crippen LogP) is 4.69. The molecule has 0 atom stereocenters. The van der Waals surface area contributed by atoms with E-state index in [0.29, 0.717) is 0 Å². The molecule has 1 aromatic carbocycles. The van der Waals surface area contributed by atoms with Crippen molar-refractivity contribution in [3.63, 3.8) is 0 Å². The molecule has 1 aromatic heterocycles. The minimum atomic E-state index is -4.51. The summed E-state index contributed by atoms with van der Waals surface area (Å²) in [6, 6.07) is 7.94. The number of hydrogen-bond acceptors (Lipinski definition) is 2. The Morgan fingerprint density at radius 2 is 2.00 bits per heavy atom. The number of rotatable bonds is 4. The monoisotopic (exact) mass is 361 g/mol. The molecule has 7 heteroatoms. The van der Waals surface area contributed by atoms with Gasteiger partial charge in [-0.05, 0) is 56.7 Å². The lowest BCUT2D eigenvalue weighted by atomic mass is 10.1. The van der Waals surface area contributed by atoms with Crippen LogP contribution in [0.1, 0.15) is 29.4 Å². The molecule has 0 aliphatic heterocycles. The molecule has 136 valence electrons.